The van der Waals surface area contributed by atoms with E-state index in [1.807, 2.05) is 85.4 Å². The molecule has 0 atom stereocenters. The lowest BCUT2D eigenvalue weighted by molar-refractivity contribution is -0.149. The summed E-state index contributed by atoms with van der Waals surface area (Å²) in [4.78, 5) is 11.7. The van der Waals surface area contributed by atoms with Crippen molar-refractivity contribution in [3.8, 4) is 16.9 Å². The van der Waals surface area contributed by atoms with Crippen molar-refractivity contribution in [2.24, 2.45) is 5.41 Å². The molecule has 0 saturated carbocycles. The first-order chi connectivity index (χ1) is 13.6. The van der Waals surface area contributed by atoms with Crippen LogP contribution in [0.5, 0.6) is 0 Å². The molecule has 5 heteroatoms. The van der Waals surface area contributed by atoms with Gasteiger partial charge in [-0.15, -0.1) is 0 Å². The molecule has 0 radical (unpaired) electrons. The first kappa shape index (κ1) is 19.8. The number of carboxylic acids is 1. The van der Waals surface area contributed by atoms with Gasteiger partial charge < -0.3 is 10.4 Å². The van der Waals surface area contributed by atoms with Gasteiger partial charge in [-0.25, -0.2) is 4.68 Å². The fourth-order valence-electron chi connectivity index (χ4n) is 3.41. The van der Waals surface area contributed by atoms with Crippen molar-refractivity contribution in [1.29, 1.82) is 0 Å². The molecule has 0 amide bonds. The summed E-state index contributed by atoms with van der Waals surface area (Å²) in [5.74, 6) is -0.742. The predicted molar refractivity (Wildman–Crippen MR) is 111 cm³/mol. The van der Waals surface area contributed by atoms with Crippen molar-refractivity contribution in [2.75, 3.05) is 6.54 Å². The molecule has 0 aliphatic heterocycles. The van der Waals surface area contributed by atoms with Crippen molar-refractivity contribution in [2.45, 2.75) is 33.2 Å². The van der Waals surface area contributed by atoms with Crippen molar-refractivity contribution in [3.63, 3.8) is 0 Å². The Kier molecular flexibility index (Phi) is 6.26. The number of benzene rings is 2. The Morgan fingerprint density at radius 2 is 1.64 bits per heavy atom. The van der Waals surface area contributed by atoms with Gasteiger partial charge in [-0.2, -0.15) is 5.10 Å². The van der Waals surface area contributed by atoms with E-state index in [0.717, 1.165) is 22.5 Å². The van der Waals surface area contributed by atoms with Crippen LogP contribution >= 0.6 is 0 Å². The maximum absolute atomic E-state index is 11.7. The number of para-hydroxylation sites is 1. The van der Waals surface area contributed by atoms with Gasteiger partial charge in [0.2, 0.25) is 0 Å². The highest BCUT2D eigenvalue weighted by molar-refractivity contribution is 5.74. The number of nitrogens with one attached hydrogen (secondary N) is 1. The van der Waals surface area contributed by atoms with Crippen LogP contribution in [0.15, 0.2) is 66.9 Å². The van der Waals surface area contributed by atoms with Crippen molar-refractivity contribution < 1.29 is 9.90 Å². The van der Waals surface area contributed by atoms with Gasteiger partial charge in [0.05, 0.1) is 16.8 Å². The minimum Gasteiger partial charge on any atom is -0.481 e. The van der Waals surface area contributed by atoms with Crippen LogP contribution in [-0.2, 0) is 11.3 Å². The van der Waals surface area contributed by atoms with E-state index in [2.05, 4.69) is 5.32 Å². The number of aromatic nitrogens is 2. The van der Waals surface area contributed by atoms with Crippen LogP contribution in [0.1, 0.15) is 32.3 Å². The summed E-state index contributed by atoms with van der Waals surface area (Å²) in [6, 6.07) is 20.1. The maximum atomic E-state index is 11.7. The minimum atomic E-state index is -0.742. The molecular formula is C23H27N3O2. The van der Waals surface area contributed by atoms with E-state index in [1.165, 1.54) is 0 Å². The summed E-state index contributed by atoms with van der Waals surface area (Å²) in [6.07, 6.45) is 3.21. The van der Waals surface area contributed by atoms with E-state index < -0.39 is 11.4 Å². The molecule has 0 bridgehead atoms. The van der Waals surface area contributed by atoms with E-state index in [1.54, 1.807) is 0 Å². The van der Waals surface area contributed by atoms with E-state index >= 15 is 0 Å². The molecule has 1 aromatic heterocycles. The van der Waals surface area contributed by atoms with E-state index in [-0.39, 0.29) is 0 Å². The quantitative estimate of drug-likeness (QED) is 0.575. The molecule has 146 valence electrons. The number of nitrogens with zero attached hydrogens (tertiary/aromatic N) is 2. The average molecular weight is 377 g/mol. The fraction of sp³-hybridized carbons (Fsp3) is 0.304. The highest BCUT2D eigenvalue weighted by atomic mass is 16.4. The third-order valence-corrected chi connectivity index (χ3v) is 5.44. The monoisotopic (exact) mass is 377 g/mol. The van der Waals surface area contributed by atoms with Gasteiger partial charge in [0.25, 0.3) is 0 Å². The Labute approximate surface area is 166 Å². The SMILES string of the molecule is CCC(CC)(CNCc1cn(-c2ccccc2)nc1-c1ccccc1)C(=O)O. The van der Waals surface area contributed by atoms with Gasteiger partial charge in [0.15, 0.2) is 0 Å². The molecule has 2 aromatic carbocycles. The second-order valence-electron chi connectivity index (χ2n) is 7.05. The number of hydrogen-bond donors (Lipinski definition) is 2. The molecule has 1 heterocycles. The molecule has 0 saturated heterocycles. The van der Waals surface area contributed by atoms with E-state index in [0.29, 0.717) is 25.9 Å². The third kappa shape index (κ3) is 4.15. The summed E-state index contributed by atoms with van der Waals surface area (Å²) >= 11 is 0. The summed E-state index contributed by atoms with van der Waals surface area (Å²) in [5.41, 5.74) is 3.26. The van der Waals surface area contributed by atoms with Gasteiger partial charge in [-0.05, 0) is 25.0 Å². The van der Waals surface area contributed by atoms with Crippen LogP contribution in [0.4, 0.5) is 0 Å². The van der Waals surface area contributed by atoms with E-state index in [9.17, 15) is 9.90 Å². The third-order valence-electron chi connectivity index (χ3n) is 5.44. The molecular weight excluding hydrogens is 350 g/mol. The zero-order chi connectivity index (χ0) is 20.0. The first-order valence-corrected chi connectivity index (χ1v) is 9.73. The lowest BCUT2D eigenvalue weighted by Crippen LogP contribution is -2.40. The lowest BCUT2D eigenvalue weighted by atomic mass is 9.82. The summed E-state index contributed by atoms with van der Waals surface area (Å²) in [5, 5.41) is 17.8. The summed E-state index contributed by atoms with van der Waals surface area (Å²) in [6.45, 7) is 4.86. The normalized spacial score (nSPS) is 11.5. The molecule has 0 aliphatic carbocycles. The Bertz CT molecular complexity index is 900. The molecule has 0 spiro atoms. The molecule has 5 nitrogen and oxygen atoms in total. The van der Waals surface area contributed by atoms with Gasteiger partial charge in [-0.3, -0.25) is 4.79 Å². The molecule has 28 heavy (non-hydrogen) atoms. The number of carbonyl (C=O) groups is 1. The van der Waals surface area contributed by atoms with Gasteiger partial charge in [-0.1, -0.05) is 62.4 Å². The van der Waals surface area contributed by atoms with Crippen molar-refractivity contribution in [3.05, 3.63) is 72.4 Å². The first-order valence-electron chi connectivity index (χ1n) is 9.73. The second-order valence-corrected chi connectivity index (χ2v) is 7.05. The Morgan fingerprint density at radius 1 is 1.04 bits per heavy atom. The molecule has 0 fully saturated rings. The second kappa shape index (κ2) is 8.85. The molecule has 0 aliphatic rings. The van der Waals surface area contributed by atoms with Crippen LogP contribution in [0.2, 0.25) is 0 Å². The van der Waals surface area contributed by atoms with Crippen molar-refractivity contribution in [1.82, 2.24) is 15.1 Å². The van der Waals surface area contributed by atoms with Crippen LogP contribution in [-0.4, -0.2) is 27.4 Å². The van der Waals surface area contributed by atoms with Crippen LogP contribution < -0.4 is 5.32 Å². The average Bonchev–Trinajstić information content (AvgIpc) is 3.17. The molecule has 3 rings (SSSR count). The van der Waals surface area contributed by atoms with Gasteiger partial charge in [0, 0.05) is 30.4 Å². The maximum Gasteiger partial charge on any atom is 0.310 e. The van der Waals surface area contributed by atoms with E-state index in [4.69, 9.17) is 5.10 Å². The lowest BCUT2D eigenvalue weighted by Gasteiger charge is -2.27. The minimum absolute atomic E-state index is 0.431. The largest absolute Gasteiger partial charge is 0.481 e. The fourth-order valence-corrected chi connectivity index (χ4v) is 3.41. The standard InChI is InChI=1S/C23H27N3O2/c1-3-23(4-2,22(27)28)17-24-15-19-16-26(20-13-9-6-10-14-20)25-21(19)18-11-7-5-8-12-18/h5-14,16,24H,3-4,15,17H2,1-2H3,(H,27,28). The molecule has 0 unspecified atom stereocenters. The Hall–Kier alpha value is -2.92. The van der Waals surface area contributed by atoms with Gasteiger partial charge >= 0.3 is 5.97 Å². The van der Waals surface area contributed by atoms with Crippen LogP contribution in [0.3, 0.4) is 0 Å². The summed E-state index contributed by atoms with van der Waals surface area (Å²) < 4.78 is 1.88. The topological polar surface area (TPSA) is 67.2 Å². The Balaban J connectivity index is 1.87. The number of carboxylic acid groups (broad SMARTS) is 1. The number of hydrogen-bond acceptors (Lipinski definition) is 3. The summed E-state index contributed by atoms with van der Waals surface area (Å²) in [7, 11) is 0. The van der Waals surface area contributed by atoms with Gasteiger partial charge in [0.1, 0.15) is 0 Å². The molecule has 2 N–H and O–H groups in total. The smallest absolute Gasteiger partial charge is 0.310 e. The zero-order valence-electron chi connectivity index (χ0n) is 16.4. The number of aliphatic carboxylic acids is 1. The zero-order valence-corrected chi connectivity index (χ0v) is 16.4. The van der Waals surface area contributed by atoms with Crippen molar-refractivity contribution >= 4 is 5.97 Å². The van der Waals surface area contributed by atoms with Crippen LogP contribution in [0.25, 0.3) is 16.9 Å². The highest BCUT2D eigenvalue weighted by Crippen LogP contribution is 2.27. The van der Waals surface area contributed by atoms with Crippen LogP contribution in [0, 0.1) is 5.41 Å². The predicted octanol–water partition coefficient (Wildman–Crippen LogP) is 4.52. The Morgan fingerprint density at radius 3 is 2.21 bits per heavy atom. The number of rotatable bonds is 9. The molecule has 3 aromatic rings. The highest BCUT2D eigenvalue weighted by Gasteiger charge is 2.34.